The van der Waals surface area contributed by atoms with Gasteiger partial charge in [-0.05, 0) is 32.1 Å². The van der Waals surface area contributed by atoms with Crippen LogP contribution in [0.15, 0.2) is 12.4 Å². The smallest absolute Gasteiger partial charge is 0.234 e. The van der Waals surface area contributed by atoms with Gasteiger partial charge in [-0.3, -0.25) is 0 Å². The van der Waals surface area contributed by atoms with Gasteiger partial charge in [-0.1, -0.05) is 124 Å². The normalized spacial score (nSPS) is 11.5. The third kappa shape index (κ3) is 15.1. The molecule has 0 aromatic carbocycles. The first-order chi connectivity index (χ1) is 15.8. The lowest BCUT2D eigenvalue weighted by Gasteiger charge is -2.06. The fourth-order valence-corrected chi connectivity index (χ4v) is 4.91. The van der Waals surface area contributed by atoms with Crippen LogP contribution in [0.3, 0.4) is 0 Å². The first kappa shape index (κ1) is 29.2. The highest BCUT2D eigenvalue weighted by Crippen LogP contribution is 2.13. The summed E-state index contributed by atoms with van der Waals surface area (Å²) in [7, 11) is 0. The van der Waals surface area contributed by atoms with E-state index in [1.54, 1.807) is 5.82 Å². The van der Waals surface area contributed by atoms with E-state index < -0.39 is 0 Å². The van der Waals surface area contributed by atoms with Crippen molar-refractivity contribution in [2.75, 3.05) is 0 Å². The molecule has 0 unspecified atom stereocenters. The van der Waals surface area contributed by atoms with Crippen LogP contribution in [0.5, 0.6) is 0 Å². The van der Waals surface area contributed by atoms with E-state index in [1.165, 1.54) is 154 Å². The minimum Gasteiger partial charge on any atom is -0.234 e. The third-order valence-corrected chi connectivity index (χ3v) is 7.10. The van der Waals surface area contributed by atoms with E-state index in [4.69, 9.17) is 0 Å². The Labute approximate surface area is 202 Å². The van der Waals surface area contributed by atoms with Gasteiger partial charge in [0, 0.05) is 6.42 Å². The quantitative estimate of drug-likeness (QED) is 0.110. The minimum absolute atomic E-state index is 1.22. The Kier molecular flexibility index (Phi) is 20.1. The van der Waals surface area contributed by atoms with E-state index >= 15 is 0 Å². The zero-order chi connectivity index (χ0) is 23.1. The molecule has 2 nitrogen and oxygen atoms in total. The number of rotatable bonds is 24. The summed E-state index contributed by atoms with van der Waals surface area (Å²) >= 11 is 0. The van der Waals surface area contributed by atoms with Crippen LogP contribution in [-0.2, 0) is 19.5 Å². The van der Waals surface area contributed by atoms with Crippen LogP contribution in [0, 0.1) is 0 Å². The van der Waals surface area contributed by atoms with E-state index in [9.17, 15) is 0 Å². The maximum absolute atomic E-state index is 2.59. The monoisotopic (exact) mass is 447 g/mol. The standard InChI is InChI=1S/C30H59N2/c1-4-7-10-13-14-15-16-17-18-19-20-21-24-27-32-29-28-31(26-23-12-9-6-3)30(32)25-22-11-8-5-2/h28-29H,4-27H2,1-3H3/q+1. The van der Waals surface area contributed by atoms with Crippen LogP contribution in [0.2, 0.25) is 0 Å². The first-order valence-corrected chi connectivity index (χ1v) is 14.9. The van der Waals surface area contributed by atoms with E-state index in [1.807, 2.05) is 0 Å². The molecule has 0 N–H and O–H groups in total. The highest BCUT2D eigenvalue weighted by Gasteiger charge is 2.16. The minimum atomic E-state index is 1.22. The predicted molar refractivity (Wildman–Crippen MR) is 142 cm³/mol. The molecule has 188 valence electrons. The topological polar surface area (TPSA) is 8.81 Å². The van der Waals surface area contributed by atoms with Crippen molar-refractivity contribution in [1.29, 1.82) is 0 Å². The van der Waals surface area contributed by atoms with Crippen LogP contribution in [-0.4, -0.2) is 4.57 Å². The predicted octanol–water partition coefficient (Wildman–Crippen LogP) is 9.57. The molecule has 0 radical (unpaired) electrons. The van der Waals surface area contributed by atoms with Gasteiger partial charge in [-0.15, -0.1) is 0 Å². The van der Waals surface area contributed by atoms with Crippen LogP contribution in [0.1, 0.15) is 161 Å². The number of nitrogens with zero attached hydrogens (tertiary/aromatic N) is 2. The number of hydrogen-bond acceptors (Lipinski definition) is 0. The summed E-state index contributed by atoms with van der Waals surface area (Å²) in [6, 6.07) is 0. The molecule has 32 heavy (non-hydrogen) atoms. The van der Waals surface area contributed by atoms with Crippen molar-refractivity contribution in [3.63, 3.8) is 0 Å². The van der Waals surface area contributed by atoms with E-state index in [-0.39, 0.29) is 0 Å². The summed E-state index contributed by atoms with van der Waals surface area (Å²) in [4.78, 5) is 0. The molecule has 0 amide bonds. The lowest BCUT2D eigenvalue weighted by atomic mass is 10.0. The molecule has 1 aromatic heterocycles. The van der Waals surface area contributed by atoms with E-state index in [0.29, 0.717) is 0 Å². The van der Waals surface area contributed by atoms with Crippen molar-refractivity contribution in [2.45, 2.75) is 175 Å². The van der Waals surface area contributed by atoms with Crippen molar-refractivity contribution < 1.29 is 4.57 Å². The van der Waals surface area contributed by atoms with Crippen molar-refractivity contribution in [2.24, 2.45) is 0 Å². The molecule has 0 bridgehead atoms. The molecule has 0 atom stereocenters. The Morgan fingerprint density at radius 1 is 0.531 bits per heavy atom. The van der Waals surface area contributed by atoms with Gasteiger partial charge in [0.05, 0.1) is 13.1 Å². The van der Waals surface area contributed by atoms with Crippen LogP contribution in [0.4, 0.5) is 0 Å². The molecular weight excluding hydrogens is 388 g/mol. The van der Waals surface area contributed by atoms with Gasteiger partial charge >= 0.3 is 0 Å². The van der Waals surface area contributed by atoms with Crippen molar-refractivity contribution in [1.82, 2.24) is 4.57 Å². The summed E-state index contributed by atoms with van der Waals surface area (Å²) in [5.74, 6) is 1.59. The number of imidazole rings is 1. The average Bonchev–Trinajstić information content (AvgIpc) is 3.19. The van der Waals surface area contributed by atoms with Gasteiger partial charge < -0.3 is 0 Å². The Morgan fingerprint density at radius 2 is 0.969 bits per heavy atom. The molecule has 0 fully saturated rings. The highest BCUT2D eigenvalue weighted by atomic mass is 15.1. The zero-order valence-corrected chi connectivity index (χ0v) is 22.5. The lowest BCUT2D eigenvalue weighted by Crippen LogP contribution is -2.37. The second-order valence-electron chi connectivity index (χ2n) is 10.2. The summed E-state index contributed by atoms with van der Waals surface area (Å²) in [6.45, 7) is 9.36. The van der Waals surface area contributed by atoms with Crippen molar-refractivity contribution in [3.05, 3.63) is 18.2 Å². The molecule has 0 aliphatic carbocycles. The van der Waals surface area contributed by atoms with E-state index in [2.05, 4.69) is 42.3 Å². The fourth-order valence-electron chi connectivity index (χ4n) is 4.91. The van der Waals surface area contributed by atoms with Crippen molar-refractivity contribution >= 4 is 0 Å². The second-order valence-corrected chi connectivity index (χ2v) is 10.2. The SMILES string of the molecule is CCCCCCCCCCCCCCC[n+]1ccn(CCCCCC)c1CCCCCC. The molecule has 1 rings (SSSR count). The molecule has 0 saturated heterocycles. The van der Waals surface area contributed by atoms with Crippen molar-refractivity contribution in [3.8, 4) is 0 Å². The summed E-state index contributed by atoms with van der Waals surface area (Å²) in [5.41, 5.74) is 0. The highest BCUT2D eigenvalue weighted by molar-refractivity contribution is 4.84. The van der Waals surface area contributed by atoms with Gasteiger partial charge in [-0.2, -0.15) is 0 Å². The van der Waals surface area contributed by atoms with Crippen LogP contribution in [0.25, 0.3) is 0 Å². The second kappa shape index (κ2) is 22.0. The van der Waals surface area contributed by atoms with Gasteiger partial charge in [0.1, 0.15) is 12.4 Å². The number of unbranched alkanes of at least 4 members (excludes halogenated alkanes) is 18. The van der Waals surface area contributed by atoms with Gasteiger partial charge in [-0.25, -0.2) is 9.13 Å². The Hall–Kier alpha value is -0.790. The molecule has 0 aliphatic heterocycles. The maximum Gasteiger partial charge on any atom is 0.256 e. The average molecular weight is 448 g/mol. The fraction of sp³-hybridized carbons (Fsp3) is 0.900. The Bertz CT molecular complexity index is 505. The zero-order valence-electron chi connectivity index (χ0n) is 22.5. The van der Waals surface area contributed by atoms with Gasteiger partial charge in [0.2, 0.25) is 0 Å². The number of hydrogen-bond donors (Lipinski definition) is 0. The molecule has 0 saturated carbocycles. The van der Waals surface area contributed by atoms with Gasteiger partial charge in [0.15, 0.2) is 0 Å². The molecular formula is C30H59N2+. The Morgan fingerprint density at radius 3 is 1.50 bits per heavy atom. The molecule has 0 spiro atoms. The van der Waals surface area contributed by atoms with E-state index in [0.717, 1.165) is 0 Å². The lowest BCUT2D eigenvalue weighted by molar-refractivity contribution is -0.704. The largest absolute Gasteiger partial charge is 0.256 e. The number of aryl methyl sites for hydroxylation is 2. The molecule has 2 heteroatoms. The molecule has 1 aromatic rings. The first-order valence-electron chi connectivity index (χ1n) is 14.9. The molecule has 1 heterocycles. The summed E-state index contributed by atoms with van der Waals surface area (Å²) < 4.78 is 5.16. The third-order valence-electron chi connectivity index (χ3n) is 7.10. The summed E-state index contributed by atoms with van der Waals surface area (Å²) in [5, 5.41) is 0. The van der Waals surface area contributed by atoms with Crippen LogP contribution < -0.4 is 4.57 Å². The van der Waals surface area contributed by atoms with Gasteiger partial charge in [0.25, 0.3) is 5.82 Å². The maximum atomic E-state index is 2.59. The Balaban J connectivity index is 2.19. The number of aromatic nitrogens is 2. The molecule has 0 aliphatic rings. The van der Waals surface area contributed by atoms with Crippen LogP contribution >= 0.6 is 0 Å². The summed E-state index contributed by atoms with van der Waals surface area (Å²) in [6.07, 6.45) is 35.6.